The molecule has 0 unspecified atom stereocenters. The molecule has 0 aliphatic heterocycles. The summed E-state index contributed by atoms with van der Waals surface area (Å²) in [6, 6.07) is 5.02. The third kappa shape index (κ3) is 12.5. The summed E-state index contributed by atoms with van der Waals surface area (Å²) >= 11 is 0. The van der Waals surface area contributed by atoms with E-state index in [1.54, 1.807) is 0 Å². The van der Waals surface area contributed by atoms with Crippen LogP contribution in [0.4, 0.5) is 0 Å². The normalized spacial score (nSPS) is 10.2. The molecule has 0 atom stereocenters. The molecule has 0 aliphatic carbocycles. The second-order valence-electron chi connectivity index (χ2n) is 7.03. The van der Waals surface area contributed by atoms with Gasteiger partial charge in [0.1, 0.15) is 0 Å². The Bertz CT molecular complexity index is 619. The van der Waals surface area contributed by atoms with Crippen molar-refractivity contribution in [3.8, 4) is 0 Å². The Morgan fingerprint density at radius 1 is 0.633 bits per heavy atom. The van der Waals surface area contributed by atoms with E-state index in [0.29, 0.717) is 6.42 Å². The maximum atomic E-state index is 10.6. The summed E-state index contributed by atoms with van der Waals surface area (Å²) in [6.45, 7) is 2.20. The number of unbranched alkanes of at least 4 members (excludes halogenated alkanes) is 8. The molecule has 0 aliphatic rings. The minimum atomic E-state index is -1.23. The van der Waals surface area contributed by atoms with Crippen molar-refractivity contribution < 1.29 is 39.6 Å². The fourth-order valence-electron chi connectivity index (χ4n) is 2.77. The molecule has 1 aromatic rings. The Morgan fingerprint density at radius 3 is 1.27 bits per heavy atom. The van der Waals surface area contributed by atoms with Crippen LogP contribution in [0.25, 0.3) is 0 Å². The first kappa shape index (κ1) is 27.1. The van der Waals surface area contributed by atoms with Gasteiger partial charge in [-0.05, 0) is 30.7 Å². The summed E-state index contributed by atoms with van der Waals surface area (Å²) in [4.78, 5) is 41.9. The Labute approximate surface area is 176 Å². The molecule has 0 heterocycles. The maximum absolute atomic E-state index is 10.6. The minimum absolute atomic E-state index is 0.0833. The van der Waals surface area contributed by atoms with Gasteiger partial charge in [0, 0.05) is 0 Å². The quantitative estimate of drug-likeness (QED) is 0.246. The van der Waals surface area contributed by atoms with Gasteiger partial charge in [-0.2, -0.15) is 0 Å². The Hall–Kier alpha value is -2.90. The summed E-state index contributed by atoms with van der Waals surface area (Å²) in [5.74, 6) is -5.79. The summed E-state index contributed by atoms with van der Waals surface area (Å²) in [5, 5.41) is 34.3. The van der Waals surface area contributed by atoms with Gasteiger partial charge < -0.3 is 20.4 Å². The fourth-order valence-corrected chi connectivity index (χ4v) is 2.77. The molecular weight excluding hydrogens is 392 g/mol. The van der Waals surface area contributed by atoms with E-state index < -0.39 is 29.8 Å². The molecule has 0 saturated heterocycles. The topological polar surface area (TPSA) is 149 Å². The lowest BCUT2D eigenvalue weighted by Gasteiger charge is -2.06. The van der Waals surface area contributed by atoms with Crippen LogP contribution in [0.5, 0.6) is 0 Å². The Kier molecular flexibility index (Phi) is 14.4. The summed E-state index contributed by atoms with van der Waals surface area (Å²) in [5.41, 5.74) is 0.167. The van der Waals surface area contributed by atoms with Crippen LogP contribution >= 0.6 is 0 Å². The van der Waals surface area contributed by atoms with Crippen molar-refractivity contribution in [2.75, 3.05) is 0 Å². The van der Waals surface area contributed by atoms with Crippen molar-refractivity contribution >= 4 is 23.9 Å². The van der Waals surface area contributed by atoms with Crippen LogP contribution in [0.1, 0.15) is 91.8 Å². The van der Waals surface area contributed by atoms with Gasteiger partial charge in [-0.3, -0.25) is 9.59 Å². The zero-order valence-corrected chi connectivity index (χ0v) is 17.4. The number of hydrogen-bond acceptors (Lipinski definition) is 4. The van der Waals surface area contributed by atoms with E-state index in [4.69, 9.17) is 20.4 Å². The summed E-state index contributed by atoms with van der Waals surface area (Å²) in [7, 11) is 0. The molecule has 30 heavy (non-hydrogen) atoms. The monoisotopic (exact) mass is 424 g/mol. The highest BCUT2D eigenvalue weighted by atomic mass is 16.4. The van der Waals surface area contributed by atoms with E-state index >= 15 is 0 Å². The van der Waals surface area contributed by atoms with Crippen molar-refractivity contribution in [1.29, 1.82) is 0 Å². The zero-order valence-electron chi connectivity index (χ0n) is 17.4. The highest BCUT2D eigenvalue weighted by Crippen LogP contribution is 2.14. The maximum Gasteiger partial charge on any atom is 0.335 e. The van der Waals surface area contributed by atoms with Gasteiger partial charge in [0.2, 0.25) is 0 Å². The van der Waals surface area contributed by atoms with Crippen LogP contribution in [-0.4, -0.2) is 44.3 Å². The molecule has 168 valence electrons. The van der Waals surface area contributed by atoms with Gasteiger partial charge in [-0.15, -0.1) is 0 Å². The van der Waals surface area contributed by atoms with Crippen molar-refractivity contribution in [1.82, 2.24) is 0 Å². The predicted octanol–water partition coefficient (Wildman–Crippen LogP) is 4.78. The van der Waals surface area contributed by atoms with E-state index in [0.717, 1.165) is 12.8 Å². The molecule has 8 heteroatoms. The predicted molar refractivity (Wildman–Crippen MR) is 111 cm³/mol. The van der Waals surface area contributed by atoms with Crippen LogP contribution in [0, 0.1) is 5.92 Å². The molecule has 8 nitrogen and oxygen atoms in total. The first-order valence-corrected chi connectivity index (χ1v) is 10.2. The van der Waals surface area contributed by atoms with E-state index in [1.807, 2.05) is 0 Å². The lowest BCUT2D eigenvalue weighted by atomic mass is 10.00. The number of benzene rings is 1. The number of carboxylic acid groups (broad SMARTS) is 4. The second-order valence-corrected chi connectivity index (χ2v) is 7.03. The lowest BCUT2D eigenvalue weighted by molar-refractivity contribution is -0.154. The SMILES string of the molecule is CCCCCCCCCCCC(C(=O)O)C(=O)O.O=C(O)c1ccc(C(=O)O)cc1. The summed E-state index contributed by atoms with van der Waals surface area (Å²) < 4.78 is 0. The number of carbonyl (C=O) groups is 4. The van der Waals surface area contributed by atoms with E-state index in [9.17, 15) is 19.2 Å². The lowest BCUT2D eigenvalue weighted by Crippen LogP contribution is -2.23. The van der Waals surface area contributed by atoms with E-state index in [1.165, 1.54) is 62.8 Å². The van der Waals surface area contributed by atoms with Crippen LogP contribution < -0.4 is 0 Å². The Balaban J connectivity index is 0.000000604. The number of hydrogen-bond donors (Lipinski definition) is 4. The first-order valence-electron chi connectivity index (χ1n) is 10.2. The average Bonchev–Trinajstić information content (AvgIpc) is 2.69. The number of rotatable bonds is 14. The molecule has 4 N–H and O–H groups in total. The van der Waals surface area contributed by atoms with Crippen LogP contribution in [0.2, 0.25) is 0 Å². The van der Waals surface area contributed by atoms with Crippen LogP contribution in [0.3, 0.4) is 0 Å². The largest absolute Gasteiger partial charge is 0.481 e. The zero-order chi connectivity index (χ0) is 22.9. The molecule has 0 fully saturated rings. The van der Waals surface area contributed by atoms with Crippen molar-refractivity contribution in [2.24, 2.45) is 5.92 Å². The molecular formula is C22H32O8. The van der Waals surface area contributed by atoms with Gasteiger partial charge in [0.05, 0.1) is 11.1 Å². The highest BCUT2D eigenvalue weighted by Gasteiger charge is 2.24. The highest BCUT2D eigenvalue weighted by molar-refractivity contribution is 5.93. The standard InChI is InChI=1S/C14H26O4.C8H6O4/c1-2-3-4-5-6-7-8-9-10-11-12(13(15)16)14(17)18;9-7(10)5-1-2-6(4-3-5)8(11)12/h12H,2-11H2,1H3,(H,15,16)(H,17,18);1-4H,(H,9,10)(H,11,12). The van der Waals surface area contributed by atoms with E-state index in [2.05, 4.69) is 6.92 Å². The molecule has 0 bridgehead atoms. The first-order chi connectivity index (χ1) is 14.2. The number of aromatic carboxylic acids is 2. The molecule has 0 radical (unpaired) electrons. The number of aliphatic carboxylic acids is 2. The van der Waals surface area contributed by atoms with Gasteiger partial charge in [-0.1, -0.05) is 64.7 Å². The van der Waals surface area contributed by atoms with Gasteiger partial charge in [-0.25, -0.2) is 9.59 Å². The molecule has 0 saturated carbocycles. The van der Waals surface area contributed by atoms with Crippen LogP contribution in [0.15, 0.2) is 24.3 Å². The van der Waals surface area contributed by atoms with Gasteiger partial charge >= 0.3 is 23.9 Å². The third-order valence-corrected chi connectivity index (χ3v) is 4.57. The summed E-state index contributed by atoms with van der Waals surface area (Å²) in [6.07, 6.45) is 10.5. The smallest absolute Gasteiger partial charge is 0.335 e. The minimum Gasteiger partial charge on any atom is -0.481 e. The van der Waals surface area contributed by atoms with E-state index in [-0.39, 0.29) is 17.5 Å². The second kappa shape index (κ2) is 16.0. The van der Waals surface area contributed by atoms with Crippen molar-refractivity contribution in [3.05, 3.63) is 35.4 Å². The third-order valence-electron chi connectivity index (χ3n) is 4.57. The Morgan fingerprint density at radius 2 is 0.967 bits per heavy atom. The number of carboxylic acids is 4. The fraction of sp³-hybridized carbons (Fsp3) is 0.545. The molecule has 0 aromatic heterocycles. The molecule has 0 spiro atoms. The molecule has 1 aromatic carbocycles. The molecule has 1 rings (SSSR count). The average molecular weight is 424 g/mol. The van der Waals surface area contributed by atoms with Gasteiger partial charge in [0.25, 0.3) is 0 Å². The van der Waals surface area contributed by atoms with Crippen molar-refractivity contribution in [3.63, 3.8) is 0 Å². The van der Waals surface area contributed by atoms with Gasteiger partial charge in [0.15, 0.2) is 5.92 Å². The van der Waals surface area contributed by atoms with Crippen molar-refractivity contribution in [2.45, 2.75) is 71.1 Å². The molecule has 0 amide bonds. The van der Waals surface area contributed by atoms with Crippen LogP contribution in [-0.2, 0) is 9.59 Å².